The SMILES string of the molecule is CCNC(=NCc1ncccc1C)N(C)Cc1ccccc1OC.I. The van der Waals surface area contributed by atoms with Crippen molar-refractivity contribution in [2.24, 2.45) is 4.99 Å². The molecule has 6 heteroatoms. The van der Waals surface area contributed by atoms with E-state index in [1.54, 1.807) is 7.11 Å². The fraction of sp³-hybridized carbons (Fsp3) is 0.368. The number of guanidine groups is 1. The van der Waals surface area contributed by atoms with Crippen molar-refractivity contribution >= 4 is 29.9 Å². The largest absolute Gasteiger partial charge is 0.496 e. The Morgan fingerprint density at radius 1 is 1.24 bits per heavy atom. The Bertz CT molecular complexity index is 691. The smallest absolute Gasteiger partial charge is 0.194 e. The lowest BCUT2D eigenvalue weighted by Crippen LogP contribution is -2.38. The number of methoxy groups -OCH3 is 1. The number of rotatable bonds is 6. The van der Waals surface area contributed by atoms with E-state index in [1.165, 1.54) is 0 Å². The number of aliphatic imine (C=N–C) groups is 1. The highest BCUT2D eigenvalue weighted by atomic mass is 127. The molecule has 0 atom stereocenters. The monoisotopic (exact) mass is 454 g/mol. The van der Waals surface area contributed by atoms with Gasteiger partial charge in [0.2, 0.25) is 0 Å². The third-order valence-electron chi connectivity index (χ3n) is 3.79. The molecule has 0 radical (unpaired) electrons. The van der Waals surface area contributed by atoms with Crippen molar-refractivity contribution < 1.29 is 4.74 Å². The molecule has 1 aromatic carbocycles. The molecule has 0 aliphatic heterocycles. The third-order valence-corrected chi connectivity index (χ3v) is 3.79. The molecular weight excluding hydrogens is 427 g/mol. The van der Waals surface area contributed by atoms with Crippen LogP contribution in [0.3, 0.4) is 0 Å². The molecule has 0 bridgehead atoms. The van der Waals surface area contributed by atoms with Gasteiger partial charge in [0.05, 0.1) is 19.3 Å². The van der Waals surface area contributed by atoms with E-state index >= 15 is 0 Å². The molecule has 0 saturated heterocycles. The van der Waals surface area contributed by atoms with Crippen LogP contribution in [0.1, 0.15) is 23.7 Å². The summed E-state index contributed by atoms with van der Waals surface area (Å²) in [5.74, 6) is 1.74. The molecule has 136 valence electrons. The van der Waals surface area contributed by atoms with Crippen molar-refractivity contribution in [1.82, 2.24) is 15.2 Å². The number of halogens is 1. The molecule has 0 aliphatic rings. The summed E-state index contributed by atoms with van der Waals surface area (Å²) in [6, 6.07) is 12.1. The maximum absolute atomic E-state index is 5.43. The van der Waals surface area contributed by atoms with Crippen LogP contribution in [0.15, 0.2) is 47.6 Å². The van der Waals surface area contributed by atoms with Gasteiger partial charge in [-0.25, -0.2) is 4.99 Å². The van der Waals surface area contributed by atoms with Crippen molar-refractivity contribution in [3.63, 3.8) is 0 Å². The topological polar surface area (TPSA) is 49.8 Å². The first-order valence-corrected chi connectivity index (χ1v) is 8.17. The highest BCUT2D eigenvalue weighted by molar-refractivity contribution is 14.0. The van der Waals surface area contributed by atoms with Crippen LogP contribution in [0.25, 0.3) is 0 Å². The molecule has 0 aliphatic carbocycles. The second-order valence-corrected chi connectivity index (χ2v) is 5.61. The third kappa shape index (κ3) is 6.19. The summed E-state index contributed by atoms with van der Waals surface area (Å²) >= 11 is 0. The van der Waals surface area contributed by atoms with Crippen LogP contribution in [-0.2, 0) is 13.1 Å². The van der Waals surface area contributed by atoms with Gasteiger partial charge in [-0.2, -0.15) is 0 Å². The molecule has 1 aromatic heterocycles. The number of hydrogen-bond acceptors (Lipinski definition) is 3. The first kappa shape index (κ1) is 21.2. The van der Waals surface area contributed by atoms with Gasteiger partial charge in [0.1, 0.15) is 5.75 Å². The van der Waals surface area contributed by atoms with Crippen LogP contribution in [0, 0.1) is 6.92 Å². The molecule has 2 aromatic rings. The van der Waals surface area contributed by atoms with E-state index in [0.717, 1.165) is 41.6 Å². The molecule has 5 nitrogen and oxygen atoms in total. The van der Waals surface area contributed by atoms with Gasteiger partial charge < -0.3 is 15.0 Å². The zero-order chi connectivity index (χ0) is 17.4. The Hall–Kier alpha value is -1.83. The van der Waals surface area contributed by atoms with Gasteiger partial charge in [0.15, 0.2) is 5.96 Å². The molecule has 25 heavy (non-hydrogen) atoms. The van der Waals surface area contributed by atoms with Crippen LogP contribution in [-0.4, -0.2) is 36.5 Å². The van der Waals surface area contributed by atoms with E-state index in [-0.39, 0.29) is 24.0 Å². The summed E-state index contributed by atoms with van der Waals surface area (Å²) in [7, 11) is 3.72. The molecule has 2 rings (SSSR count). The number of ether oxygens (including phenoxy) is 1. The van der Waals surface area contributed by atoms with E-state index in [9.17, 15) is 0 Å². The number of aryl methyl sites for hydroxylation is 1. The van der Waals surface area contributed by atoms with Gasteiger partial charge >= 0.3 is 0 Å². The molecule has 0 saturated carbocycles. The maximum atomic E-state index is 5.43. The fourth-order valence-corrected chi connectivity index (χ4v) is 2.47. The van der Waals surface area contributed by atoms with Crippen molar-refractivity contribution in [2.75, 3.05) is 20.7 Å². The Morgan fingerprint density at radius 2 is 2.00 bits per heavy atom. The van der Waals surface area contributed by atoms with Crippen molar-refractivity contribution in [3.8, 4) is 5.75 Å². The quantitative estimate of drug-likeness (QED) is 0.412. The fourth-order valence-electron chi connectivity index (χ4n) is 2.47. The minimum atomic E-state index is 0. The lowest BCUT2D eigenvalue weighted by atomic mass is 10.2. The average molecular weight is 454 g/mol. The summed E-state index contributed by atoms with van der Waals surface area (Å²) in [6.07, 6.45) is 1.81. The normalized spacial score (nSPS) is 10.8. The van der Waals surface area contributed by atoms with E-state index in [2.05, 4.69) is 41.2 Å². The zero-order valence-electron chi connectivity index (χ0n) is 15.3. The van der Waals surface area contributed by atoms with E-state index in [0.29, 0.717) is 6.54 Å². The summed E-state index contributed by atoms with van der Waals surface area (Å²) in [6.45, 7) is 6.22. The summed E-state index contributed by atoms with van der Waals surface area (Å²) in [4.78, 5) is 11.2. The van der Waals surface area contributed by atoms with E-state index in [1.807, 2.05) is 37.5 Å². The summed E-state index contributed by atoms with van der Waals surface area (Å²) in [5, 5.41) is 3.34. The maximum Gasteiger partial charge on any atom is 0.194 e. The lowest BCUT2D eigenvalue weighted by molar-refractivity contribution is 0.396. The molecule has 0 spiro atoms. The lowest BCUT2D eigenvalue weighted by Gasteiger charge is -2.23. The van der Waals surface area contributed by atoms with E-state index < -0.39 is 0 Å². The molecule has 0 fully saturated rings. The van der Waals surface area contributed by atoms with Gasteiger partial charge in [0.25, 0.3) is 0 Å². The second-order valence-electron chi connectivity index (χ2n) is 5.61. The number of hydrogen-bond donors (Lipinski definition) is 1. The predicted octanol–water partition coefficient (Wildman–Crippen LogP) is 3.61. The van der Waals surface area contributed by atoms with Crippen molar-refractivity contribution in [3.05, 3.63) is 59.4 Å². The first-order chi connectivity index (χ1) is 11.7. The zero-order valence-corrected chi connectivity index (χ0v) is 17.7. The molecule has 0 amide bonds. The molecule has 1 N–H and O–H groups in total. The molecular formula is C19H27IN4O. The highest BCUT2D eigenvalue weighted by Gasteiger charge is 2.10. The summed E-state index contributed by atoms with van der Waals surface area (Å²) < 4.78 is 5.43. The Balaban J connectivity index is 0.00000312. The Labute approximate surface area is 167 Å². The van der Waals surface area contributed by atoms with Gasteiger partial charge in [-0.15, -0.1) is 24.0 Å². The standard InChI is InChI=1S/C19H26N4O.HI/c1-5-20-19(22-13-17-15(2)9-8-12-21-17)23(3)14-16-10-6-7-11-18(16)24-4;/h6-12H,5,13-14H2,1-4H3,(H,20,22);1H. The van der Waals surface area contributed by atoms with Crippen LogP contribution in [0.5, 0.6) is 5.75 Å². The predicted molar refractivity (Wildman–Crippen MR) is 114 cm³/mol. The Kier molecular flexibility index (Phi) is 9.26. The number of para-hydroxylation sites is 1. The molecule has 1 heterocycles. The average Bonchev–Trinajstić information content (AvgIpc) is 2.60. The number of nitrogens with zero attached hydrogens (tertiary/aromatic N) is 3. The van der Waals surface area contributed by atoms with Crippen molar-refractivity contribution in [2.45, 2.75) is 26.9 Å². The Morgan fingerprint density at radius 3 is 2.68 bits per heavy atom. The second kappa shape index (κ2) is 10.9. The van der Waals surface area contributed by atoms with Crippen LogP contribution in [0.2, 0.25) is 0 Å². The molecule has 0 unspecified atom stereocenters. The van der Waals surface area contributed by atoms with Gasteiger partial charge in [-0.3, -0.25) is 4.98 Å². The number of aromatic nitrogens is 1. The minimum Gasteiger partial charge on any atom is -0.496 e. The van der Waals surface area contributed by atoms with Crippen LogP contribution < -0.4 is 10.1 Å². The minimum absolute atomic E-state index is 0. The number of benzene rings is 1. The number of nitrogens with one attached hydrogen (secondary N) is 1. The van der Waals surface area contributed by atoms with Crippen LogP contribution in [0.4, 0.5) is 0 Å². The van der Waals surface area contributed by atoms with Gasteiger partial charge in [-0.1, -0.05) is 24.3 Å². The first-order valence-electron chi connectivity index (χ1n) is 8.17. The van der Waals surface area contributed by atoms with Crippen LogP contribution >= 0.6 is 24.0 Å². The number of pyridine rings is 1. The highest BCUT2D eigenvalue weighted by Crippen LogP contribution is 2.18. The van der Waals surface area contributed by atoms with Gasteiger partial charge in [-0.05, 0) is 31.5 Å². The summed E-state index contributed by atoms with van der Waals surface area (Å²) in [5.41, 5.74) is 3.28. The van der Waals surface area contributed by atoms with Crippen molar-refractivity contribution in [1.29, 1.82) is 0 Å². The van der Waals surface area contributed by atoms with E-state index in [4.69, 9.17) is 9.73 Å². The van der Waals surface area contributed by atoms with Gasteiger partial charge in [0, 0.05) is 31.9 Å².